The number of carbonyl (C=O) groups is 1. The zero-order valence-corrected chi connectivity index (χ0v) is 8.97. The van der Waals surface area contributed by atoms with E-state index in [1.54, 1.807) is 7.05 Å². The number of aliphatic hydroxyl groups is 1. The Kier molecular flexibility index (Phi) is 3.82. The summed E-state index contributed by atoms with van der Waals surface area (Å²) in [6.07, 6.45) is -1.13. The first-order valence-electron chi connectivity index (χ1n) is 4.79. The molecule has 1 rings (SSSR count). The summed E-state index contributed by atoms with van der Waals surface area (Å²) < 4.78 is 0. The Morgan fingerprint density at radius 1 is 1.53 bits per heavy atom. The van der Waals surface area contributed by atoms with Crippen molar-refractivity contribution in [2.24, 2.45) is 5.73 Å². The number of anilines is 1. The SMILES string of the molecule is Cc1ccccc1N(C)C(=O)C(O)CN. The van der Waals surface area contributed by atoms with Crippen molar-refractivity contribution in [3.05, 3.63) is 29.8 Å². The van der Waals surface area contributed by atoms with Crippen LogP contribution < -0.4 is 10.6 Å². The molecule has 0 saturated carbocycles. The molecule has 0 bridgehead atoms. The molecule has 0 aliphatic carbocycles. The van der Waals surface area contributed by atoms with Gasteiger partial charge in [-0.15, -0.1) is 0 Å². The van der Waals surface area contributed by atoms with Crippen LogP contribution in [-0.2, 0) is 4.79 Å². The molecule has 0 radical (unpaired) electrons. The Morgan fingerprint density at radius 3 is 2.67 bits per heavy atom. The van der Waals surface area contributed by atoms with E-state index in [9.17, 15) is 9.90 Å². The Bertz CT molecular complexity index is 352. The Hall–Kier alpha value is -1.39. The number of hydrogen-bond acceptors (Lipinski definition) is 3. The lowest BCUT2D eigenvalue weighted by Crippen LogP contribution is -2.40. The maximum Gasteiger partial charge on any atom is 0.256 e. The van der Waals surface area contributed by atoms with Gasteiger partial charge in [-0.05, 0) is 18.6 Å². The summed E-state index contributed by atoms with van der Waals surface area (Å²) in [5, 5.41) is 9.33. The molecule has 1 unspecified atom stereocenters. The van der Waals surface area contributed by atoms with E-state index in [-0.39, 0.29) is 12.5 Å². The van der Waals surface area contributed by atoms with Gasteiger partial charge in [-0.1, -0.05) is 18.2 Å². The van der Waals surface area contributed by atoms with Gasteiger partial charge in [-0.25, -0.2) is 0 Å². The smallest absolute Gasteiger partial charge is 0.256 e. The fraction of sp³-hybridized carbons (Fsp3) is 0.364. The number of aryl methyl sites for hydroxylation is 1. The molecule has 82 valence electrons. The van der Waals surface area contributed by atoms with Crippen molar-refractivity contribution in [1.29, 1.82) is 0 Å². The first kappa shape index (κ1) is 11.7. The predicted octanol–water partition coefficient (Wildman–Crippen LogP) is 0.277. The van der Waals surface area contributed by atoms with Gasteiger partial charge in [0.05, 0.1) is 0 Å². The number of likely N-dealkylation sites (N-methyl/N-ethyl adjacent to an activating group) is 1. The fourth-order valence-electron chi connectivity index (χ4n) is 1.38. The number of nitrogens with two attached hydrogens (primary N) is 1. The van der Waals surface area contributed by atoms with Crippen LogP contribution >= 0.6 is 0 Å². The van der Waals surface area contributed by atoms with Crippen LogP contribution in [-0.4, -0.2) is 30.7 Å². The molecular weight excluding hydrogens is 192 g/mol. The van der Waals surface area contributed by atoms with Crippen LogP contribution in [0.2, 0.25) is 0 Å². The number of carbonyl (C=O) groups excluding carboxylic acids is 1. The monoisotopic (exact) mass is 208 g/mol. The second-order valence-corrected chi connectivity index (χ2v) is 3.44. The number of rotatable bonds is 3. The highest BCUT2D eigenvalue weighted by Crippen LogP contribution is 2.18. The number of benzene rings is 1. The number of amides is 1. The van der Waals surface area contributed by atoms with E-state index in [0.717, 1.165) is 11.3 Å². The molecular formula is C11H16N2O2. The van der Waals surface area contributed by atoms with Gasteiger partial charge in [0.25, 0.3) is 5.91 Å². The van der Waals surface area contributed by atoms with Crippen LogP contribution in [0, 0.1) is 6.92 Å². The molecule has 1 aromatic rings. The van der Waals surface area contributed by atoms with E-state index < -0.39 is 6.10 Å². The van der Waals surface area contributed by atoms with Crippen molar-refractivity contribution in [2.45, 2.75) is 13.0 Å². The van der Waals surface area contributed by atoms with Crippen LogP contribution in [0.4, 0.5) is 5.69 Å². The Balaban J connectivity index is 2.90. The van der Waals surface area contributed by atoms with E-state index in [2.05, 4.69) is 0 Å². The number of para-hydroxylation sites is 1. The second-order valence-electron chi connectivity index (χ2n) is 3.44. The van der Waals surface area contributed by atoms with Gasteiger partial charge in [0.15, 0.2) is 0 Å². The lowest BCUT2D eigenvalue weighted by molar-refractivity contribution is -0.125. The van der Waals surface area contributed by atoms with Crippen molar-refractivity contribution in [3.8, 4) is 0 Å². The Morgan fingerprint density at radius 2 is 2.13 bits per heavy atom. The van der Waals surface area contributed by atoms with Gasteiger partial charge < -0.3 is 15.7 Å². The molecule has 0 saturated heterocycles. The van der Waals surface area contributed by atoms with Crippen molar-refractivity contribution >= 4 is 11.6 Å². The lowest BCUT2D eigenvalue weighted by Gasteiger charge is -2.21. The van der Waals surface area contributed by atoms with Gasteiger partial charge in [-0.2, -0.15) is 0 Å². The molecule has 0 aliphatic heterocycles. The van der Waals surface area contributed by atoms with Crippen LogP contribution in [0.15, 0.2) is 24.3 Å². The van der Waals surface area contributed by atoms with Crippen molar-refractivity contribution in [2.75, 3.05) is 18.5 Å². The minimum absolute atomic E-state index is 0.0605. The molecule has 1 atom stereocenters. The molecule has 4 heteroatoms. The van der Waals surface area contributed by atoms with Crippen molar-refractivity contribution < 1.29 is 9.90 Å². The molecule has 1 aromatic carbocycles. The predicted molar refractivity (Wildman–Crippen MR) is 59.7 cm³/mol. The van der Waals surface area contributed by atoms with Crippen LogP contribution in [0.5, 0.6) is 0 Å². The summed E-state index contributed by atoms with van der Waals surface area (Å²) in [5.74, 6) is -0.383. The summed E-state index contributed by atoms with van der Waals surface area (Å²) in [6.45, 7) is 1.85. The van der Waals surface area contributed by atoms with Gasteiger partial charge in [0.2, 0.25) is 0 Å². The molecule has 3 N–H and O–H groups in total. The van der Waals surface area contributed by atoms with Crippen LogP contribution in [0.25, 0.3) is 0 Å². The fourth-order valence-corrected chi connectivity index (χ4v) is 1.38. The van der Waals surface area contributed by atoms with E-state index >= 15 is 0 Å². The minimum Gasteiger partial charge on any atom is -0.382 e. The van der Waals surface area contributed by atoms with Crippen molar-refractivity contribution in [3.63, 3.8) is 0 Å². The highest BCUT2D eigenvalue weighted by molar-refractivity contribution is 5.96. The molecule has 0 spiro atoms. The molecule has 0 aliphatic rings. The third kappa shape index (κ3) is 2.55. The zero-order chi connectivity index (χ0) is 11.4. The summed E-state index contributed by atoms with van der Waals surface area (Å²) in [5.41, 5.74) is 7.00. The summed E-state index contributed by atoms with van der Waals surface area (Å²) >= 11 is 0. The molecule has 1 amide bonds. The lowest BCUT2D eigenvalue weighted by atomic mass is 10.1. The molecule has 15 heavy (non-hydrogen) atoms. The van der Waals surface area contributed by atoms with E-state index in [4.69, 9.17) is 5.73 Å². The summed E-state index contributed by atoms with van der Waals surface area (Å²) in [6, 6.07) is 7.49. The van der Waals surface area contributed by atoms with Gasteiger partial charge in [0.1, 0.15) is 6.10 Å². The van der Waals surface area contributed by atoms with E-state index in [1.165, 1.54) is 4.90 Å². The largest absolute Gasteiger partial charge is 0.382 e. The topological polar surface area (TPSA) is 66.6 Å². The molecule has 0 fully saturated rings. The maximum absolute atomic E-state index is 11.6. The number of hydrogen-bond donors (Lipinski definition) is 2. The van der Waals surface area contributed by atoms with Crippen molar-refractivity contribution in [1.82, 2.24) is 0 Å². The van der Waals surface area contributed by atoms with Crippen LogP contribution in [0.1, 0.15) is 5.56 Å². The zero-order valence-electron chi connectivity index (χ0n) is 8.97. The quantitative estimate of drug-likeness (QED) is 0.749. The third-order valence-corrected chi connectivity index (χ3v) is 2.32. The summed E-state index contributed by atoms with van der Waals surface area (Å²) in [4.78, 5) is 13.0. The first-order chi connectivity index (χ1) is 7.07. The van der Waals surface area contributed by atoms with E-state index in [0.29, 0.717) is 0 Å². The average molecular weight is 208 g/mol. The van der Waals surface area contributed by atoms with Gasteiger partial charge in [0, 0.05) is 19.3 Å². The number of aliphatic hydroxyl groups excluding tert-OH is 1. The molecule has 0 aromatic heterocycles. The standard InChI is InChI=1S/C11H16N2O2/c1-8-5-3-4-6-9(8)13(2)11(15)10(14)7-12/h3-6,10,14H,7,12H2,1-2H3. The number of nitrogens with zero attached hydrogens (tertiary/aromatic N) is 1. The van der Waals surface area contributed by atoms with Gasteiger partial charge in [-0.3, -0.25) is 4.79 Å². The Labute approximate surface area is 89.3 Å². The first-order valence-corrected chi connectivity index (χ1v) is 4.79. The minimum atomic E-state index is -1.13. The normalized spacial score (nSPS) is 12.3. The average Bonchev–Trinajstić information content (AvgIpc) is 2.26. The van der Waals surface area contributed by atoms with Crippen LogP contribution in [0.3, 0.4) is 0 Å². The second kappa shape index (κ2) is 4.91. The summed E-state index contributed by atoms with van der Waals surface area (Å²) in [7, 11) is 1.63. The third-order valence-electron chi connectivity index (χ3n) is 2.32. The highest BCUT2D eigenvalue weighted by Gasteiger charge is 2.19. The highest BCUT2D eigenvalue weighted by atomic mass is 16.3. The maximum atomic E-state index is 11.6. The molecule has 0 heterocycles. The van der Waals surface area contributed by atoms with Gasteiger partial charge >= 0.3 is 0 Å². The van der Waals surface area contributed by atoms with E-state index in [1.807, 2.05) is 31.2 Å². The molecule has 4 nitrogen and oxygen atoms in total.